The number of aliphatic hydroxyl groups excluding tert-OH is 1. The van der Waals surface area contributed by atoms with Gasteiger partial charge in [0.25, 0.3) is 5.91 Å². The van der Waals surface area contributed by atoms with Gasteiger partial charge in [0.1, 0.15) is 0 Å². The van der Waals surface area contributed by atoms with Gasteiger partial charge in [-0.3, -0.25) is 4.79 Å². The number of carbonyl (C=O) groups is 1. The van der Waals surface area contributed by atoms with Crippen LogP contribution in [0.15, 0.2) is 53.7 Å². The average Bonchev–Trinajstić information content (AvgIpc) is 2.55. The Labute approximate surface area is 128 Å². The van der Waals surface area contributed by atoms with Crippen molar-refractivity contribution in [3.8, 4) is 0 Å². The minimum atomic E-state index is -0.0920. The molecule has 0 aliphatic rings. The Morgan fingerprint density at radius 3 is 2.71 bits per heavy atom. The van der Waals surface area contributed by atoms with E-state index in [1.807, 2.05) is 36.6 Å². The summed E-state index contributed by atoms with van der Waals surface area (Å²) >= 11 is 1.50. The molecule has 0 aliphatic carbocycles. The van der Waals surface area contributed by atoms with Crippen molar-refractivity contribution in [3.63, 3.8) is 0 Å². The number of aromatic nitrogens is 1. The zero-order chi connectivity index (χ0) is 15.1. The molecule has 0 saturated heterocycles. The van der Waals surface area contributed by atoms with E-state index in [4.69, 9.17) is 0 Å². The van der Waals surface area contributed by atoms with Gasteiger partial charge in [0.2, 0.25) is 0 Å². The van der Waals surface area contributed by atoms with Crippen LogP contribution in [0.1, 0.15) is 15.9 Å². The lowest BCUT2D eigenvalue weighted by Gasteiger charge is -2.22. The number of benzene rings is 1. The van der Waals surface area contributed by atoms with E-state index in [-0.39, 0.29) is 12.5 Å². The predicted molar refractivity (Wildman–Crippen MR) is 84.3 cm³/mol. The molecule has 2 aromatic rings. The molecule has 0 fully saturated rings. The van der Waals surface area contributed by atoms with Crippen LogP contribution in [0.25, 0.3) is 0 Å². The van der Waals surface area contributed by atoms with E-state index in [1.54, 1.807) is 23.2 Å². The first kappa shape index (κ1) is 15.5. The summed E-state index contributed by atoms with van der Waals surface area (Å²) in [5.74, 6) is -0.0920. The third-order valence-corrected chi connectivity index (χ3v) is 3.71. The van der Waals surface area contributed by atoms with Crippen LogP contribution in [0.5, 0.6) is 0 Å². The third-order valence-electron chi connectivity index (χ3n) is 3.06. The Hall–Kier alpha value is -1.85. The number of aliphatic hydroxyl groups is 1. The molecule has 2 rings (SSSR count). The maximum Gasteiger partial charge on any atom is 0.254 e. The fourth-order valence-electron chi connectivity index (χ4n) is 2.01. The summed E-state index contributed by atoms with van der Waals surface area (Å²) in [6, 6.07) is 13.2. The largest absolute Gasteiger partial charge is 0.395 e. The van der Waals surface area contributed by atoms with E-state index < -0.39 is 0 Å². The van der Waals surface area contributed by atoms with Crippen molar-refractivity contribution >= 4 is 17.7 Å². The van der Waals surface area contributed by atoms with Crippen molar-refractivity contribution < 1.29 is 9.90 Å². The number of pyridine rings is 1. The molecule has 0 atom stereocenters. The van der Waals surface area contributed by atoms with Crippen molar-refractivity contribution in [2.75, 3.05) is 19.4 Å². The lowest BCUT2D eigenvalue weighted by molar-refractivity contribution is 0.0707. The first-order valence-corrected chi connectivity index (χ1v) is 7.91. The second kappa shape index (κ2) is 7.81. The molecule has 0 unspecified atom stereocenters. The maximum atomic E-state index is 12.6. The first-order chi connectivity index (χ1) is 10.2. The molecule has 1 amide bonds. The molecule has 4 nitrogen and oxygen atoms in total. The monoisotopic (exact) mass is 302 g/mol. The van der Waals surface area contributed by atoms with E-state index in [1.165, 1.54) is 11.8 Å². The van der Waals surface area contributed by atoms with Crippen LogP contribution in [-0.4, -0.2) is 40.3 Å². The van der Waals surface area contributed by atoms with Gasteiger partial charge in [-0.25, -0.2) is 4.98 Å². The first-order valence-electron chi connectivity index (χ1n) is 6.68. The highest BCUT2D eigenvalue weighted by molar-refractivity contribution is 7.98. The second-order valence-electron chi connectivity index (χ2n) is 4.52. The van der Waals surface area contributed by atoms with Gasteiger partial charge in [-0.2, -0.15) is 0 Å². The lowest BCUT2D eigenvalue weighted by Crippen LogP contribution is -2.33. The minimum absolute atomic E-state index is 0.0565. The van der Waals surface area contributed by atoms with Crippen LogP contribution in [0.2, 0.25) is 0 Å². The molecule has 0 aliphatic heterocycles. The molecule has 21 heavy (non-hydrogen) atoms. The number of carbonyl (C=O) groups excluding carboxylic acids is 1. The molecule has 0 saturated carbocycles. The average molecular weight is 302 g/mol. The summed E-state index contributed by atoms with van der Waals surface area (Å²) in [7, 11) is 0. The van der Waals surface area contributed by atoms with E-state index >= 15 is 0 Å². The van der Waals surface area contributed by atoms with Gasteiger partial charge < -0.3 is 10.0 Å². The Morgan fingerprint density at radius 2 is 2.05 bits per heavy atom. The van der Waals surface area contributed by atoms with Crippen LogP contribution < -0.4 is 0 Å². The number of thioether (sulfide) groups is 1. The normalized spacial score (nSPS) is 10.4. The fraction of sp³-hybridized carbons (Fsp3) is 0.250. The van der Waals surface area contributed by atoms with Crippen molar-refractivity contribution in [1.82, 2.24) is 9.88 Å². The number of hydrogen-bond acceptors (Lipinski definition) is 4. The summed E-state index contributed by atoms with van der Waals surface area (Å²) < 4.78 is 0. The molecule has 1 N–H and O–H groups in total. The van der Waals surface area contributed by atoms with E-state index in [0.717, 1.165) is 10.6 Å². The SMILES string of the molecule is CSc1cc(C(=O)N(CCO)Cc2ccccc2)ccn1. The van der Waals surface area contributed by atoms with E-state index in [0.29, 0.717) is 18.7 Å². The summed E-state index contributed by atoms with van der Waals surface area (Å²) in [5.41, 5.74) is 1.64. The Balaban J connectivity index is 2.18. The van der Waals surface area contributed by atoms with Crippen LogP contribution in [0, 0.1) is 0 Å². The second-order valence-corrected chi connectivity index (χ2v) is 5.35. The Kier molecular flexibility index (Phi) is 5.78. The zero-order valence-corrected chi connectivity index (χ0v) is 12.7. The van der Waals surface area contributed by atoms with Gasteiger partial charge in [0.05, 0.1) is 11.6 Å². The molecule has 1 aromatic heterocycles. The highest BCUT2D eigenvalue weighted by atomic mass is 32.2. The Bertz CT molecular complexity index is 590. The highest BCUT2D eigenvalue weighted by Gasteiger charge is 2.16. The van der Waals surface area contributed by atoms with E-state index in [2.05, 4.69) is 4.98 Å². The fourth-order valence-corrected chi connectivity index (χ4v) is 2.42. The lowest BCUT2D eigenvalue weighted by atomic mass is 10.2. The smallest absolute Gasteiger partial charge is 0.254 e. The number of nitrogens with zero attached hydrogens (tertiary/aromatic N) is 2. The van der Waals surface area contributed by atoms with Gasteiger partial charge in [0, 0.05) is 24.8 Å². The summed E-state index contributed by atoms with van der Waals surface area (Å²) in [5, 5.41) is 10.0. The van der Waals surface area contributed by atoms with Crippen LogP contribution in [0.3, 0.4) is 0 Å². The summed E-state index contributed by atoms with van der Waals surface area (Å²) in [6.45, 7) is 0.737. The quantitative estimate of drug-likeness (QED) is 0.833. The molecule has 110 valence electrons. The van der Waals surface area contributed by atoms with Gasteiger partial charge >= 0.3 is 0 Å². The van der Waals surface area contributed by atoms with Gasteiger partial charge in [-0.05, 0) is 24.0 Å². The topological polar surface area (TPSA) is 53.4 Å². The molecular weight excluding hydrogens is 284 g/mol. The minimum Gasteiger partial charge on any atom is -0.395 e. The van der Waals surface area contributed by atoms with Gasteiger partial charge in [0.15, 0.2) is 0 Å². The molecular formula is C16H18N2O2S. The molecule has 0 spiro atoms. The van der Waals surface area contributed by atoms with Crippen LogP contribution >= 0.6 is 11.8 Å². The number of hydrogen-bond donors (Lipinski definition) is 1. The van der Waals surface area contributed by atoms with Crippen molar-refractivity contribution in [1.29, 1.82) is 0 Å². The summed E-state index contributed by atoms with van der Waals surface area (Å²) in [6.07, 6.45) is 3.56. The van der Waals surface area contributed by atoms with Crippen molar-refractivity contribution in [3.05, 3.63) is 59.8 Å². The predicted octanol–water partition coefficient (Wildman–Crippen LogP) is 2.44. The van der Waals surface area contributed by atoms with Gasteiger partial charge in [-0.15, -0.1) is 11.8 Å². The highest BCUT2D eigenvalue weighted by Crippen LogP contribution is 2.15. The van der Waals surface area contributed by atoms with Crippen molar-refractivity contribution in [2.45, 2.75) is 11.6 Å². The van der Waals surface area contributed by atoms with Gasteiger partial charge in [-0.1, -0.05) is 30.3 Å². The number of amides is 1. The maximum absolute atomic E-state index is 12.6. The van der Waals surface area contributed by atoms with Crippen LogP contribution in [0.4, 0.5) is 0 Å². The standard InChI is InChI=1S/C16H18N2O2S/c1-21-15-11-14(7-8-17-15)16(20)18(9-10-19)12-13-5-3-2-4-6-13/h2-8,11,19H,9-10,12H2,1H3. The van der Waals surface area contributed by atoms with Crippen LogP contribution in [-0.2, 0) is 6.54 Å². The zero-order valence-electron chi connectivity index (χ0n) is 11.9. The molecule has 0 bridgehead atoms. The molecule has 1 aromatic carbocycles. The summed E-state index contributed by atoms with van der Waals surface area (Å²) in [4.78, 5) is 18.4. The third kappa shape index (κ3) is 4.31. The molecule has 0 radical (unpaired) electrons. The molecule has 5 heteroatoms. The molecule has 1 heterocycles. The van der Waals surface area contributed by atoms with E-state index in [9.17, 15) is 9.90 Å². The van der Waals surface area contributed by atoms with Crippen molar-refractivity contribution in [2.24, 2.45) is 0 Å². The number of rotatable bonds is 6. The Morgan fingerprint density at radius 1 is 1.29 bits per heavy atom.